The van der Waals surface area contributed by atoms with Crippen molar-refractivity contribution in [1.82, 2.24) is 10.6 Å². The molecular weight excluding hydrogens is 304 g/mol. The number of hydrogen-bond acceptors (Lipinski definition) is 3. The molecule has 0 amide bonds. The van der Waals surface area contributed by atoms with E-state index in [-0.39, 0.29) is 17.9 Å². The molecular formula is C16H25F2N3O2. The van der Waals surface area contributed by atoms with Crippen molar-refractivity contribution in [2.45, 2.75) is 39.5 Å². The van der Waals surface area contributed by atoms with Crippen LogP contribution < -0.4 is 15.4 Å². The highest BCUT2D eigenvalue weighted by atomic mass is 19.3. The number of para-hydroxylation sites is 1. The van der Waals surface area contributed by atoms with Gasteiger partial charge in [-0.1, -0.05) is 18.2 Å². The number of methoxy groups -OCH3 is 1. The summed E-state index contributed by atoms with van der Waals surface area (Å²) in [4.78, 5) is 4.40. The molecule has 0 saturated heterocycles. The zero-order chi connectivity index (χ0) is 17.3. The van der Waals surface area contributed by atoms with Gasteiger partial charge in [-0.2, -0.15) is 8.78 Å². The van der Waals surface area contributed by atoms with Crippen molar-refractivity contribution >= 4 is 5.96 Å². The van der Waals surface area contributed by atoms with Crippen molar-refractivity contribution in [2.75, 3.05) is 20.2 Å². The third-order valence-corrected chi connectivity index (χ3v) is 3.17. The predicted octanol–water partition coefficient (Wildman–Crippen LogP) is 2.77. The van der Waals surface area contributed by atoms with Crippen molar-refractivity contribution in [3.63, 3.8) is 0 Å². The first-order valence-electron chi connectivity index (χ1n) is 7.48. The van der Waals surface area contributed by atoms with Crippen LogP contribution >= 0.6 is 0 Å². The molecule has 0 bridgehead atoms. The largest absolute Gasteiger partial charge is 0.434 e. The number of halogens is 2. The fraction of sp³-hybridized carbons (Fsp3) is 0.562. The molecule has 5 nitrogen and oxygen atoms in total. The summed E-state index contributed by atoms with van der Waals surface area (Å²) < 4.78 is 34.7. The average molecular weight is 329 g/mol. The van der Waals surface area contributed by atoms with Crippen molar-refractivity contribution in [3.05, 3.63) is 29.8 Å². The predicted molar refractivity (Wildman–Crippen MR) is 87.0 cm³/mol. The van der Waals surface area contributed by atoms with Crippen molar-refractivity contribution in [2.24, 2.45) is 4.99 Å². The van der Waals surface area contributed by atoms with Crippen LogP contribution in [-0.4, -0.2) is 38.4 Å². The number of ether oxygens (including phenoxy) is 2. The lowest BCUT2D eigenvalue weighted by molar-refractivity contribution is -0.0504. The van der Waals surface area contributed by atoms with Crippen LogP contribution in [-0.2, 0) is 11.3 Å². The molecule has 130 valence electrons. The number of benzene rings is 1. The van der Waals surface area contributed by atoms with Crippen LogP contribution in [0.15, 0.2) is 29.3 Å². The number of alkyl halides is 2. The molecule has 0 spiro atoms. The number of nitrogens with one attached hydrogen (secondary N) is 2. The summed E-state index contributed by atoms with van der Waals surface area (Å²) in [5.74, 6) is 0.726. The van der Waals surface area contributed by atoms with Crippen LogP contribution in [0.25, 0.3) is 0 Å². The number of nitrogens with zero attached hydrogens (tertiary/aromatic N) is 1. The Labute approximate surface area is 136 Å². The maximum absolute atomic E-state index is 12.4. The molecule has 0 fully saturated rings. The fourth-order valence-electron chi connectivity index (χ4n) is 1.72. The van der Waals surface area contributed by atoms with E-state index in [0.29, 0.717) is 24.6 Å². The zero-order valence-electron chi connectivity index (χ0n) is 14.0. The molecule has 0 aliphatic carbocycles. The number of hydrogen-bond donors (Lipinski definition) is 2. The van der Waals surface area contributed by atoms with Crippen LogP contribution in [0.4, 0.5) is 8.78 Å². The Bertz CT molecular complexity index is 508. The van der Waals surface area contributed by atoms with Gasteiger partial charge in [0.05, 0.1) is 12.1 Å². The summed E-state index contributed by atoms with van der Waals surface area (Å²) in [6, 6.07) is 6.63. The first-order valence-corrected chi connectivity index (χ1v) is 7.48. The Morgan fingerprint density at radius 2 is 1.96 bits per heavy atom. The fourth-order valence-corrected chi connectivity index (χ4v) is 1.72. The van der Waals surface area contributed by atoms with E-state index in [0.717, 1.165) is 0 Å². The molecule has 23 heavy (non-hydrogen) atoms. The number of guanidine groups is 1. The van der Waals surface area contributed by atoms with E-state index in [1.807, 2.05) is 20.8 Å². The molecule has 0 unspecified atom stereocenters. The van der Waals surface area contributed by atoms with E-state index < -0.39 is 6.61 Å². The van der Waals surface area contributed by atoms with Crippen LogP contribution in [0.1, 0.15) is 26.3 Å². The van der Waals surface area contributed by atoms with Gasteiger partial charge >= 0.3 is 6.61 Å². The third-order valence-electron chi connectivity index (χ3n) is 3.17. The summed E-state index contributed by atoms with van der Waals surface area (Å²) >= 11 is 0. The lowest BCUT2D eigenvalue weighted by Crippen LogP contribution is -2.45. The molecule has 7 heteroatoms. The highest BCUT2D eigenvalue weighted by Gasteiger charge is 2.16. The van der Waals surface area contributed by atoms with Gasteiger partial charge in [0.25, 0.3) is 0 Å². The van der Waals surface area contributed by atoms with Gasteiger partial charge in [0.2, 0.25) is 0 Å². The molecule has 0 heterocycles. The SMILES string of the molecule is CCNC(=NCc1ccccc1OC(F)F)NCC(C)(C)OC. The van der Waals surface area contributed by atoms with E-state index in [2.05, 4.69) is 20.4 Å². The van der Waals surface area contributed by atoms with Crippen molar-refractivity contribution < 1.29 is 18.3 Å². The first kappa shape index (κ1) is 19.2. The second-order valence-electron chi connectivity index (χ2n) is 5.50. The van der Waals surface area contributed by atoms with E-state index in [9.17, 15) is 8.78 Å². The average Bonchev–Trinajstić information content (AvgIpc) is 2.51. The van der Waals surface area contributed by atoms with Crippen LogP contribution in [0.2, 0.25) is 0 Å². The molecule has 1 aromatic rings. The minimum Gasteiger partial charge on any atom is -0.434 e. The normalized spacial score (nSPS) is 12.4. The smallest absolute Gasteiger partial charge is 0.387 e. The Morgan fingerprint density at radius 3 is 2.57 bits per heavy atom. The van der Waals surface area contributed by atoms with Gasteiger partial charge < -0.3 is 20.1 Å². The monoisotopic (exact) mass is 329 g/mol. The summed E-state index contributed by atoms with van der Waals surface area (Å²) in [5.41, 5.74) is 0.253. The minimum atomic E-state index is -2.85. The van der Waals surface area contributed by atoms with Gasteiger partial charge in [-0.05, 0) is 26.8 Å². The Hall–Kier alpha value is -1.89. The van der Waals surface area contributed by atoms with Crippen molar-refractivity contribution in [3.8, 4) is 5.75 Å². The van der Waals surface area contributed by atoms with Crippen molar-refractivity contribution in [1.29, 1.82) is 0 Å². The molecule has 0 saturated carbocycles. The molecule has 2 N–H and O–H groups in total. The Balaban J connectivity index is 2.77. The van der Waals surface area contributed by atoms with Crippen LogP contribution in [0.5, 0.6) is 5.75 Å². The topological polar surface area (TPSA) is 54.9 Å². The van der Waals surface area contributed by atoms with E-state index in [1.54, 1.807) is 25.3 Å². The van der Waals surface area contributed by atoms with Gasteiger partial charge in [0.15, 0.2) is 5.96 Å². The highest BCUT2D eigenvalue weighted by molar-refractivity contribution is 5.79. The molecule has 0 aliphatic heterocycles. The molecule has 1 aromatic carbocycles. The quantitative estimate of drug-likeness (QED) is 0.569. The maximum Gasteiger partial charge on any atom is 0.387 e. The van der Waals surface area contributed by atoms with E-state index in [1.165, 1.54) is 6.07 Å². The molecule has 1 rings (SSSR count). The third kappa shape index (κ3) is 7.27. The van der Waals surface area contributed by atoms with E-state index >= 15 is 0 Å². The Morgan fingerprint density at radius 1 is 1.26 bits per heavy atom. The lowest BCUT2D eigenvalue weighted by Gasteiger charge is -2.24. The van der Waals surface area contributed by atoms with Crippen LogP contribution in [0.3, 0.4) is 0 Å². The first-order chi connectivity index (χ1) is 10.9. The zero-order valence-corrected chi connectivity index (χ0v) is 14.0. The second-order valence-corrected chi connectivity index (χ2v) is 5.50. The molecule has 0 radical (unpaired) electrons. The maximum atomic E-state index is 12.4. The standard InChI is InChI=1S/C16H25F2N3O2/c1-5-19-15(21-11-16(2,3)22-4)20-10-12-8-6-7-9-13(12)23-14(17)18/h6-9,14H,5,10-11H2,1-4H3,(H2,19,20,21). The Kier molecular flexibility index (Phi) is 7.74. The number of aliphatic imine (C=N–C) groups is 1. The summed E-state index contributed by atoms with van der Waals surface area (Å²) in [6.07, 6.45) is 0. The number of rotatable bonds is 8. The van der Waals surface area contributed by atoms with Gasteiger partial charge in [0, 0.05) is 25.8 Å². The summed E-state index contributed by atoms with van der Waals surface area (Å²) in [6.45, 7) is 4.48. The molecule has 0 aromatic heterocycles. The van der Waals surface area contributed by atoms with Gasteiger partial charge in [0.1, 0.15) is 5.75 Å². The van der Waals surface area contributed by atoms with Crippen LogP contribution in [0, 0.1) is 0 Å². The molecule has 0 aliphatic rings. The summed E-state index contributed by atoms with van der Waals surface area (Å²) in [7, 11) is 1.64. The van der Waals surface area contributed by atoms with Gasteiger partial charge in [-0.15, -0.1) is 0 Å². The molecule has 0 atom stereocenters. The lowest BCUT2D eigenvalue weighted by atomic mass is 10.1. The van der Waals surface area contributed by atoms with Gasteiger partial charge in [-0.25, -0.2) is 4.99 Å². The van der Waals surface area contributed by atoms with E-state index in [4.69, 9.17) is 4.74 Å². The second kappa shape index (κ2) is 9.29. The highest BCUT2D eigenvalue weighted by Crippen LogP contribution is 2.20. The summed E-state index contributed by atoms with van der Waals surface area (Å²) in [5, 5.41) is 6.27. The minimum absolute atomic E-state index is 0.138. The van der Waals surface area contributed by atoms with Gasteiger partial charge in [-0.3, -0.25) is 0 Å².